The zero-order valence-electron chi connectivity index (χ0n) is 11.4. The van der Waals surface area contributed by atoms with E-state index in [1.165, 1.54) is 0 Å². The number of nitrogens with one attached hydrogen (secondary N) is 1. The number of nitrogen functional groups attached to an aromatic ring is 1. The van der Waals surface area contributed by atoms with Gasteiger partial charge in [0.25, 0.3) is 17.4 Å². The van der Waals surface area contributed by atoms with E-state index < -0.39 is 34.9 Å². The van der Waals surface area contributed by atoms with E-state index in [4.69, 9.17) is 11.5 Å². The lowest BCUT2D eigenvalue weighted by atomic mass is 10.1. The maximum Gasteiger partial charge on any atom is 0.262 e. The van der Waals surface area contributed by atoms with Crippen molar-refractivity contribution in [2.75, 3.05) is 5.73 Å². The number of rotatable bonds is 2. The molecule has 3 amide bonds. The molecule has 2 aromatic rings. The van der Waals surface area contributed by atoms with Crippen molar-refractivity contribution in [2.45, 2.75) is 0 Å². The van der Waals surface area contributed by atoms with Crippen molar-refractivity contribution in [1.82, 2.24) is 9.88 Å². The summed E-state index contributed by atoms with van der Waals surface area (Å²) in [5, 5.41) is 2.00. The van der Waals surface area contributed by atoms with Crippen LogP contribution in [0.1, 0.15) is 31.1 Å². The number of benzene rings is 1. The normalized spacial score (nSPS) is 12.9. The van der Waals surface area contributed by atoms with E-state index in [9.17, 15) is 23.6 Å². The highest BCUT2D eigenvalue weighted by Gasteiger charge is 2.32. The SMILES string of the molecule is NC(=O)c1ccc(F)c(-n2c(N)c3c(cc2=O)C(=O)NC3=O)c1. The molecule has 2 heterocycles. The van der Waals surface area contributed by atoms with Gasteiger partial charge in [0, 0.05) is 11.6 Å². The number of carbonyl (C=O) groups excluding carboxylic acids is 3. The molecule has 5 N–H and O–H groups in total. The molecule has 1 aliphatic heterocycles. The molecule has 23 heavy (non-hydrogen) atoms. The third-order valence-electron chi connectivity index (χ3n) is 3.42. The molecule has 9 heteroatoms. The summed E-state index contributed by atoms with van der Waals surface area (Å²) in [6, 6.07) is 4.00. The minimum atomic E-state index is -0.853. The van der Waals surface area contributed by atoms with E-state index in [-0.39, 0.29) is 22.4 Å². The number of primary amides is 1. The molecule has 0 fully saturated rings. The molecule has 1 aliphatic rings. The largest absolute Gasteiger partial charge is 0.384 e. The van der Waals surface area contributed by atoms with Crippen LogP contribution in [0.25, 0.3) is 5.69 Å². The van der Waals surface area contributed by atoms with Gasteiger partial charge in [-0.15, -0.1) is 0 Å². The van der Waals surface area contributed by atoms with Crippen LogP contribution in [0.5, 0.6) is 0 Å². The van der Waals surface area contributed by atoms with Crippen molar-refractivity contribution in [1.29, 1.82) is 0 Å². The lowest BCUT2D eigenvalue weighted by Crippen LogP contribution is -2.25. The van der Waals surface area contributed by atoms with Crippen molar-refractivity contribution in [3.05, 3.63) is 57.1 Å². The van der Waals surface area contributed by atoms with Crippen LogP contribution < -0.4 is 22.3 Å². The first-order chi connectivity index (χ1) is 10.8. The number of pyridine rings is 1. The number of halogens is 1. The number of anilines is 1. The summed E-state index contributed by atoms with van der Waals surface area (Å²) < 4.78 is 14.8. The molecule has 0 saturated carbocycles. The molecule has 0 saturated heterocycles. The van der Waals surface area contributed by atoms with Gasteiger partial charge in [-0.25, -0.2) is 4.39 Å². The Kier molecular flexibility index (Phi) is 2.99. The van der Waals surface area contributed by atoms with Crippen molar-refractivity contribution >= 4 is 23.5 Å². The summed E-state index contributed by atoms with van der Waals surface area (Å²) >= 11 is 0. The fourth-order valence-electron chi connectivity index (χ4n) is 2.37. The number of imide groups is 1. The average molecular weight is 316 g/mol. The van der Waals surface area contributed by atoms with Crippen molar-refractivity contribution in [3.63, 3.8) is 0 Å². The molecule has 8 nitrogen and oxygen atoms in total. The van der Waals surface area contributed by atoms with Gasteiger partial charge >= 0.3 is 0 Å². The molecule has 1 aromatic heterocycles. The second kappa shape index (κ2) is 4.77. The third kappa shape index (κ3) is 2.06. The van der Waals surface area contributed by atoms with Crippen LogP contribution in [0.4, 0.5) is 10.2 Å². The van der Waals surface area contributed by atoms with Crippen LogP contribution in [-0.2, 0) is 0 Å². The Morgan fingerprint density at radius 3 is 2.48 bits per heavy atom. The fourth-order valence-corrected chi connectivity index (χ4v) is 2.37. The smallest absolute Gasteiger partial charge is 0.262 e. The summed E-state index contributed by atoms with van der Waals surface area (Å²) in [5.74, 6) is -3.63. The molecule has 0 spiro atoms. The highest BCUT2D eigenvalue weighted by atomic mass is 19.1. The lowest BCUT2D eigenvalue weighted by molar-refractivity contribution is 0.0878. The van der Waals surface area contributed by atoms with Crippen molar-refractivity contribution in [3.8, 4) is 5.69 Å². The summed E-state index contributed by atoms with van der Waals surface area (Å²) in [7, 11) is 0. The maximum atomic E-state index is 14.1. The predicted octanol–water partition coefficient (Wildman–Crippen LogP) is -0.459. The molecule has 0 atom stereocenters. The van der Waals surface area contributed by atoms with Gasteiger partial charge in [-0.3, -0.25) is 29.1 Å². The maximum absolute atomic E-state index is 14.1. The third-order valence-corrected chi connectivity index (χ3v) is 3.42. The van der Waals surface area contributed by atoms with Crippen LogP contribution in [0.2, 0.25) is 0 Å². The van der Waals surface area contributed by atoms with E-state index >= 15 is 0 Å². The minimum Gasteiger partial charge on any atom is -0.384 e. The van der Waals surface area contributed by atoms with Crippen LogP contribution >= 0.6 is 0 Å². The number of amides is 3. The number of carbonyl (C=O) groups is 3. The van der Waals surface area contributed by atoms with Crippen molar-refractivity contribution in [2.24, 2.45) is 5.73 Å². The Labute approximate surface area is 127 Å². The van der Waals surface area contributed by atoms with Crippen LogP contribution in [0, 0.1) is 5.82 Å². The standard InChI is InChI=1S/C14H9FN4O4/c15-7-2-1-5(12(17)21)3-8(7)19-9(20)4-6-10(11(19)16)14(23)18-13(6)22/h1-4H,16H2,(H2,17,21)(H,18,22,23). The highest BCUT2D eigenvalue weighted by molar-refractivity contribution is 6.23. The zero-order valence-corrected chi connectivity index (χ0v) is 11.4. The molecular formula is C14H9FN4O4. The Morgan fingerprint density at radius 1 is 1.13 bits per heavy atom. The van der Waals surface area contributed by atoms with Crippen LogP contribution in [0.15, 0.2) is 29.1 Å². The molecule has 1 aromatic carbocycles. The molecule has 0 radical (unpaired) electrons. The first-order valence-electron chi connectivity index (χ1n) is 6.32. The Hall–Kier alpha value is -3.49. The minimum absolute atomic E-state index is 0.0475. The quantitative estimate of drug-likeness (QED) is 0.644. The lowest BCUT2D eigenvalue weighted by Gasteiger charge is -2.13. The Balaban J connectivity index is 2.35. The molecule has 3 rings (SSSR count). The number of aromatic nitrogens is 1. The molecule has 116 valence electrons. The number of nitrogens with two attached hydrogens (primary N) is 2. The topological polar surface area (TPSA) is 137 Å². The second-order valence-corrected chi connectivity index (χ2v) is 4.81. The van der Waals surface area contributed by atoms with E-state index in [1.807, 2.05) is 5.32 Å². The zero-order chi connectivity index (χ0) is 16.9. The van der Waals surface area contributed by atoms with E-state index in [2.05, 4.69) is 0 Å². The molecule has 0 unspecified atom stereocenters. The Bertz CT molecular complexity index is 964. The fraction of sp³-hybridized carbons (Fsp3) is 0. The van der Waals surface area contributed by atoms with Gasteiger partial charge in [-0.2, -0.15) is 0 Å². The molecular weight excluding hydrogens is 307 g/mol. The van der Waals surface area contributed by atoms with Gasteiger partial charge in [0.1, 0.15) is 11.6 Å². The van der Waals surface area contributed by atoms with Gasteiger partial charge in [0.2, 0.25) is 5.91 Å². The van der Waals surface area contributed by atoms with E-state index in [1.54, 1.807) is 0 Å². The first kappa shape index (κ1) is 14.4. The van der Waals surface area contributed by atoms with E-state index in [0.29, 0.717) is 4.57 Å². The Morgan fingerprint density at radius 2 is 1.83 bits per heavy atom. The highest BCUT2D eigenvalue weighted by Crippen LogP contribution is 2.24. The average Bonchev–Trinajstić information content (AvgIpc) is 2.75. The summed E-state index contributed by atoms with van der Waals surface area (Å²) in [5.41, 5.74) is 9.28. The van der Waals surface area contributed by atoms with Gasteiger partial charge in [0.15, 0.2) is 0 Å². The number of hydrogen-bond donors (Lipinski definition) is 3. The number of hydrogen-bond acceptors (Lipinski definition) is 5. The number of nitrogens with zero attached hydrogens (tertiary/aromatic N) is 1. The summed E-state index contributed by atoms with van der Waals surface area (Å²) in [4.78, 5) is 46.7. The van der Waals surface area contributed by atoms with Crippen molar-refractivity contribution < 1.29 is 18.8 Å². The van der Waals surface area contributed by atoms with Gasteiger partial charge < -0.3 is 11.5 Å². The van der Waals surface area contributed by atoms with Gasteiger partial charge in [0.05, 0.1) is 16.8 Å². The van der Waals surface area contributed by atoms with Crippen LogP contribution in [0.3, 0.4) is 0 Å². The van der Waals surface area contributed by atoms with Gasteiger partial charge in [-0.1, -0.05) is 0 Å². The summed E-state index contributed by atoms with van der Waals surface area (Å²) in [6.07, 6.45) is 0. The monoisotopic (exact) mass is 316 g/mol. The first-order valence-corrected chi connectivity index (χ1v) is 6.32. The second-order valence-electron chi connectivity index (χ2n) is 4.81. The molecule has 0 bridgehead atoms. The summed E-state index contributed by atoms with van der Waals surface area (Å²) in [6.45, 7) is 0. The van der Waals surface area contributed by atoms with Gasteiger partial charge in [-0.05, 0) is 18.2 Å². The number of fused-ring (bicyclic) bond motifs is 1. The van der Waals surface area contributed by atoms with E-state index in [0.717, 1.165) is 24.3 Å². The predicted molar refractivity (Wildman–Crippen MR) is 76.7 cm³/mol. The molecule has 0 aliphatic carbocycles. The van der Waals surface area contributed by atoms with Crippen LogP contribution in [-0.4, -0.2) is 22.3 Å².